The first-order chi connectivity index (χ1) is 12.9. The third kappa shape index (κ3) is 4.45. The van der Waals surface area contributed by atoms with Crippen LogP contribution in [-0.4, -0.2) is 16.8 Å². The topological polar surface area (TPSA) is 71.1 Å². The van der Waals surface area contributed by atoms with E-state index >= 15 is 0 Å². The van der Waals surface area contributed by atoms with E-state index in [2.05, 4.69) is 15.6 Å². The fourth-order valence-electron chi connectivity index (χ4n) is 2.28. The Morgan fingerprint density at radius 2 is 1.63 bits per heavy atom. The van der Waals surface area contributed by atoms with Gasteiger partial charge >= 0.3 is 0 Å². The molecule has 27 heavy (non-hydrogen) atoms. The summed E-state index contributed by atoms with van der Waals surface area (Å²) in [6.45, 7) is 0. The van der Waals surface area contributed by atoms with E-state index in [1.165, 1.54) is 42.6 Å². The summed E-state index contributed by atoms with van der Waals surface area (Å²) < 4.78 is 27.4. The number of halogens is 3. The van der Waals surface area contributed by atoms with Gasteiger partial charge in [-0.05, 0) is 42.5 Å². The second-order valence-corrected chi connectivity index (χ2v) is 5.88. The predicted octanol–water partition coefficient (Wildman–Crippen LogP) is 4.52. The van der Waals surface area contributed by atoms with Gasteiger partial charge in [0, 0.05) is 6.20 Å². The first-order valence-electron chi connectivity index (χ1n) is 7.72. The van der Waals surface area contributed by atoms with Gasteiger partial charge in [0.15, 0.2) is 0 Å². The van der Waals surface area contributed by atoms with Gasteiger partial charge in [-0.1, -0.05) is 23.7 Å². The van der Waals surface area contributed by atoms with Crippen LogP contribution in [0.2, 0.25) is 5.02 Å². The number of nitrogens with zero attached hydrogens (tertiary/aromatic N) is 1. The van der Waals surface area contributed by atoms with E-state index in [0.29, 0.717) is 5.02 Å². The second kappa shape index (κ2) is 7.92. The van der Waals surface area contributed by atoms with Crippen LogP contribution in [0.1, 0.15) is 20.7 Å². The monoisotopic (exact) mass is 387 g/mol. The number of hydrogen-bond acceptors (Lipinski definition) is 3. The van der Waals surface area contributed by atoms with Gasteiger partial charge in [0.1, 0.15) is 17.5 Å². The molecule has 0 atom stereocenters. The number of carbonyl (C=O) groups is 2. The number of rotatable bonds is 4. The molecule has 0 saturated carbocycles. The standard InChI is InChI=1S/C19H12ClF2N3O2/c20-11-5-8-17(23-10-11)25-19(27)14-9-12(21)6-7-16(14)24-18(26)13-3-1-2-4-15(13)22/h1-10H,(H,24,26)(H,23,25,27). The van der Waals surface area contributed by atoms with Crippen LogP contribution >= 0.6 is 11.6 Å². The van der Waals surface area contributed by atoms with Crippen molar-refractivity contribution >= 4 is 34.9 Å². The molecule has 2 amide bonds. The fourth-order valence-corrected chi connectivity index (χ4v) is 2.39. The summed E-state index contributed by atoms with van der Waals surface area (Å²) >= 11 is 5.74. The molecule has 2 aromatic carbocycles. The van der Waals surface area contributed by atoms with Crippen molar-refractivity contribution in [1.29, 1.82) is 0 Å². The quantitative estimate of drug-likeness (QED) is 0.691. The minimum Gasteiger partial charge on any atom is -0.321 e. The fraction of sp³-hybridized carbons (Fsp3) is 0. The van der Waals surface area contributed by atoms with Crippen molar-refractivity contribution in [2.24, 2.45) is 0 Å². The van der Waals surface area contributed by atoms with Crippen molar-refractivity contribution in [2.75, 3.05) is 10.6 Å². The average Bonchev–Trinajstić information content (AvgIpc) is 2.65. The molecule has 3 aromatic rings. The van der Waals surface area contributed by atoms with E-state index in [-0.39, 0.29) is 22.6 Å². The highest BCUT2D eigenvalue weighted by Gasteiger charge is 2.17. The van der Waals surface area contributed by atoms with E-state index in [1.54, 1.807) is 0 Å². The molecule has 8 heteroatoms. The zero-order valence-electron chi connectivity index (χ0n) is 13.7. The van der Waals surface area contributed by atoms with Crippen LogP contribution in [0.5, 0.6) is 0 Å². The van der Waals surface area contributed by atoms with Crippen molar-refractivity contribution in [2.45, 2.75) is 0 Å². The van der Waals surface area contributed by atoms with Gasteiger partial charge in [0.05, 0.1) is 21.8 Å². The van der Waals surface area contributed by atoms with E-state index in [1.807, 2.05) is 0 Å². The van der Waals surface area contributed by atoms with Gasteiger partial charge < -0.3 is 10.6 Å². The Kier molecular flexibility index (Phi) is 5.42. The highest BCUT2D eigenvalue weighted by atomic mass is 35.5. The minimum absolute atomic E-state index is 0.0242. The van der Waals surface area contributed by atoms with Crippen LogP contribution in [0.25, 0.3) is 0 Å². The number of benzene rings is 2. The third-order valence-corrected chi connectivity index (χ3v) is 3.79. The Bertz CT molecular complexity index is 1010. The third-order valence-electron chi connectivity index (χ3n) is 3.56. The molecular weight excluding hydrogens is 376 g/mol. The zero-order valence-corrected chi connectivity index (χ0v) is 14.4. The number of hydrogen-bond donors (Lipinski definition) is 2. The van der Waals surface area contributed by atoms with E-state index in [0.717, 1.165) is 18.2 Å². The largest absolute Gasteiger partial charge is 0.321 e. The Balaban J connectivity index is 1.86. The number of carbonyl (C=O) groups excluding carboxylic acids is 2. The summed E-state index contributed by atoms with van der Waals surface area (Å²) in [7, 11) is 0. The number of anilines is 2. The lowest BCUT2D eigenvalue weighted by Crippen LogP contribution is -2.19. The molecule has 0 unspecified atom stereocenters. The van der Waals surface area contributed by atoms with Gasteiger partial charge in [-0.25, -0.2) is 13.8 Å². The summed E-state index contributed by atoms with van der Waals surface area (Å²) in [4.78, 5) is 28.7. The van der Waals surface area contributed by atoms with Crippen LogP contribution < -0.4 is 10.6 Å². The van der Waals surface area contributed by atoms with Crippen LogP contribution in [0, 0.1) is 11.6 Å². The van der Waals surface area contributed by atoms with Gasteiger partial charge in [0.2, 0.25) is 0 Å². The molecule has 0 radical (unpaired) electrons. The smallest absolute Gasteiger partial charge is 0.259 e. The lowest BCUT2D eigenvalue weighted by molar-refractivity contribution is 0.102. The van der Waals surface area contributed by atoms with E-state index in [9.17, 15) is 18.4 Å². The Hall–Kier alpha value is -3.32. The molecular formula is C19H12ClF2N3O2. The van der Waals surface area contributed by atoms with Gasteiger partial charge in [-0.3, -0.25) is 9.59 Å². The maximum absolute atomic E-state index is 13.8. The second-order valence-electron chi connectivity index (χ2n) is 5.44. The number of amides is 2. The molecule has 0 bridgehead atoms. The lowest BCUT2D eigenvalue weighted by atomic mass is 10.1. The first-order valence-corrected chi connectivity index (χ1v) is 8.10. The maximum Gasteiger partial charge on any atom is 0.259 e. The summed E-state index contributed by atoms with van der Waals surface area (Å²) in [5, 5.41) is 5.29. The van der Waals surface area contributed by atoms with E-state index in [4.69, 9.17) is 11.6 Å². The molecule has 5 nitrogen and oxygen atoms in total. The minimum atomic E-state index is -0.765. The number of aromatic nitrogens is 1. The SMILES string of the molecule is O=C(Nc1ccc(F)cc1C(=O)Nc1ccc(Cl)cn1)c1ccccc1F. The van der Waals surface area contributed by atoms with Crippen LogP contribution in [-0.2, 0) is 0 Å². The number of nitrogens with one attached hydrogen (secondary N) is 2. The molecule has 0 spiro atoms. The van der Waals surface area contributed by atoms with Crippen LogP contribution in [0.15, 0.2) is 60.8 Å². The van der Waals surface area contributed by atoms with Crippen molar-refractivity contribution in [3.05, 3.63) is 88.6 Å². The summed E-state index contributed by atoms with van der Waals surface area (Å²) in [5.74, 6) is -2.66. The average molecular weight is 388 g/mol. The van der Waals surface area contributed by atoms with Gasteiger partial charge in [-0.2, -0.15) is 0 Å². The molecule has 0 saturated heterocycles. The highest BCUT2D eigenvalue weighted by Crippen LogP contribution is 2.20. The zero-order chi connectivity index (χ0) is 19.4. The molecule has 0 aliphatic rings. The van der Waals surface area contributed by atoms with Crippen molar-refractivity contribution in [3.63, 3.8) is 0 Å². The summed E-state index contributed by atoms with van der Waals surface area (Å²) in [6.07, 6.45) is 1.34. The molecule has 136 valence electrons. The Morgan fingerprint density at radius 3 is 2.33 bits per heavy atom. The Labute approximate surface area is 158 Å². The normalized spacial score (nSPS) is 10.3. The first kappa shape index (κ1) is 18.5. The molecule has 1 aromatic heterocycles. The summed E-state index contributed by atoms with van der Waals surface area (Å²) in [6, 6.07) is 11.6. The van der Waals surface area contributed by atoms with E-state index < -0.39 is 23.4 Å². The predicted molar refractivity (Wildman–Crippen MR) is 98.0 cm³/mol. The van der Waals surface area contributed by atoms with Gasteiger partial charge in [-0.15, -0.1) is 0 Å². The Morgan fingerprint density at radius 1 is 0.889 bits per heavy atom. The molecule has 2 N–H and O–H groups in total. The van der Waals surface area contributed by atoms with Crippen LogP contribution in [0.3, 0.4) is 0 Å². The van der Waals surface area contributed by atoms with Crippen molar-refractivity contribution in [3.8, 4) is 0 Å². The molecule has 0 fully saturated rings. The van der Waals surface area contributed by atoms with Crippen molar-refractivity contribution in [1.82, 2.24) is 4.98 Å². The van der Waals surface area contributed by atoms with Gasteiger partial charge in [0.25, 0.3) is 11.8 Å². The molecule has 0 aliphatic heterocycles. The van der Waals surface area contributed by atoms with Crippen molar-refractivity contribution < 1.29 is 18.4 Å². The molecule has 3 rings (SSSR count). The maximum atomic E-state index is 13.8. The number of pyridine rings is 1. The summed E-state index contributed by atoms with van der Waals surface area (Å²) in [5.41, 5.74) is -0.319. The molecule has 0 aliphatic carbocycles. The highest BCUT2D eigenvalue weighted by molar-refractivity contribution is 6.30. The lowest BCUT2D eigenvalue weighted by Gasteiger charge is -2.12. The van der Waals surface area contributed by atoms with Crippen LogP contribution in [0.4, 0.5) is 20.3 Å². The molecule has 1 heterocycles.